The lowest BCUT2D eigenvalue weighted by Crippen LogP contribution is -2.61. The molecule has 9 nitrogen and oxygen atoms in total. The summed E-state index contributed by atoms with van der Waals surface area (Å²) in [4.78, 5) is 40.1. The van der Waals surface area contributed by atoms with Crippen LogP contribution >= 0.6 is 0 Å². The number of hydrogen-bond donors (Lipinski definition) is 1. The molecule has 3 heterocycles. The summed E-state index contributed by atoms with van der Waals surface area (Å²) < 4.78 is 46.7. The highest BCUT2D eigenvalue weighted by Crippen LogP contribution is 2.37. The number of nitrogens with zero attached hydrogens (tertiary/aromatic N) is 5. The standard InChI is InChI=1S/C24H29F3N6O3/c1-14-17(31-21(34)16-11-28-20(29-12-16)15-5-6-15)7-8-19(30-14)32-9-10-33(18(13-32)24(25,26)27)22(35)36-23(2,3)4/h7-8,11-12,15,18H,5-6,9-10,13H2,1-4H3,(H,31,34). The molecule has 1 aliphatic heterocycles. The summed E-state index contributed by atoms with van der Waals surface area (Å²) >= 11 is 0. The van der Waals surface area contributed by atoms with E-state index in [4.69, 9.17) is 4.74 Å². The number of aromatic nitrogens is 3. The highest BCUT2D eigenvalue weighted by atomic mass is 19.4. The monoisotopic (exact) mass is 506 g/mol. The summed E-state index contributed by atoms with van der Waals surface area (Å²) in [7, 11) is 0. The van der Waals surface area contributed by atoms with Gasteiger partial charge >= 0.3 is 12.3 Å². The van der Waals surface area contributed by atoms with Crippen molar-refractivity contribution >= 4 is 23.5 Å². The Hall–Kier alpha value is -3.44. The first kappa shape index (κ1) is 25.6. The fraction of sp³-hybridized carbons (Fsp3) is 0.542. The van der Waals surface area contributed by atoms with E-state index in [-0.39, 0.29) is 13.1 Å². The van der Waals surface area contributed by atoms with Gasteiger partial charge in [0.05, 0.1) is 16.9 Å². The number of amides is 2. The van der Waals surface area contributed by atoms with Crippen molar-refractivity contribution in [2.24, 2.45) is 0 Å². The number of piperazine rings is 1. The Kier molecular flexibility index (Phi) is 6.80. The quantitative estimate of drug-likeness (QED) is 0.660. The molecule has 194 valence electrons. The van der Waals surface area contributed by atoms with Gasteiger partial charge in [-0.15, -0.1) is 0 Å². The molecule has 1 unspecified atom stereocenters. The van der Waals surface area contributed by atoms with Crippen LogP contribution in [0.3, 0.4) is 0 Å². The first-order valence-electron chi connectivity index (χ1n) is 11.7. The molecule has 1 saturated carbocycles. The average Bonchev–Trinajstić information content (AvgIpc) is 3.64. The van der Waals surface area contributed by atoms with Gasteiger partial charge in [-0.2, -0.15) is 13.2 Å². The minimum absolute atomic E-state index is 0.147. The summed E-state index contributed by atoms with van der Waals surface area (Å²) in [6.45, 7) is 5.96. The Morgan fingerprint density at radius 1 is 1.08 bits per heavy atom. The van der Waals surface area contributed by atoms with Gasteiger partial charge in [0.15, 0.2) is 0 Å². The smallest absolute Gasteiger partial charge is 0.410 e. The zero-order chi connectivity index (χ0) is 26.3. The molecule has 2 amide bonds. The third-order valence-electron chi connectivity index (χ3n) is 5.91. The molecule has 1 aliphatic carbocycles. The highest BCUT2D eigenvalue weighted by Gasteiger charge is 2.49. The first-order chi connectivity index (χ1) is 16.8. The largest absolute Gasteiger partial charge is 0.444 e. The van der Waals surface area contributed by atoms with E-state index < -0.39 is 36.4 Å². The summed E-state index contributed by atoms with van der Waals surface area (Å²) in [6, 6.07) is 1.10. The van der Waals surface area contributed by atoms with Crippen LogP contribution in [-0.4, -0.2) is 69.3 Å². The minimum atomic E-state index is -4.64. The number of rotatable bonds is 4. The normalized spacial score (nSPS) is 18.7. The Morgan fingerprint density at radius 2 is 1.75 bits per heavy atom. The zero-order valence-electron chi connectivity index (χ0n) is 20.6. The van der Waals surface area contributed by atoms with Crippen molar-refractivity contribution in [3.05, 3.63) is 41.6 Å². The Bertz CT molecular complexity index is 1130. The molecule has 1 saturated heterocycles. The Balaban J connectivity index is 1.44. The molecule has 0 aromatic carbocycles. The highest BCUT2D eigenvalue weighted by molar-refractivity contribution is 6.04. The maximum Gasteiger partial charge on any atom is 0.410 e. The van der Waals surface area contributed by atoms with Crippen LogP contribution in [0.2, 0.25) is 0 Å². The number of hydrogen-bond acceptors (Lipinski definition) is 7. The summed E-state index contributed by atoms with van der Waals surface area (Å²) in [6.07, 6.45) is -0.565. The third-order valence-corrected chi connectivity index (χ3v) is 5.91. The van der Waals surface area contributed by atoms with Crippen molar-refractivity contribution in [2.75, 3.05) is 29.9 Å². The van der Waals surface area contributed by atoms with Crippen molar-refractivity contribution in [3.8, 4) is 0 Å². The molecule has 4 rings (SSSR count). The van der Waals surface area contributed by atoms with E-state index in [0.717, 1.165) is 23.6 Å². The molecule has 0 bridgehead atoms. The Labute approximate surface area is 207 Å². The number of halogens is 3. The van der Waals surface area contributed by atoms with Crippen LogP contribution in [0.4, 0.5) is 29.5 Å². The lowest BCUT2D eigenvalue weighted by molar-refractivity contribution is -0.181. The first-order valence-corrected chi connectivity index (χ1v) is 11.7. The molecule has 2 aromatic rings. The van der Waals surface area contributed by atoms with Gasteiger partial charge < -0.3 is 15.0 Å². The van der Waals surface area contributed by atoms with E-state index >= 15 is 0 Å². The van der Waals surface area contributed by atoms with E-state index in [1.807, 2.05) is 0 Å². The number of aryl methyl sites for hydroxylation is 1. The maximum atomic E-state index is 13.8. The van der Waals surface area contributed by atoms with Crippen molar-refractivity contribution < 1.29 is 27.5 Å². The van der Waals surface area contributed by atoms with E-state index in [1.165, 1.54) is 17.3 Å². The number of anilines is 2. The minimum Gasteiger partial charge on any atom is -0.444 e. The van der Waals surface area contributed by atoms with Gasteiger partial charge in [0.2, 0.25) is 0 Å². The number of nitrogens with one attached hydrogen (secondary N) is 1. The molecular formula is C24H29F3N6O3. The van der Waals surface area contributed by atoms with Gasteiger partial charge in [-0.3, -0.25) is 9.69 Å². The summed E-state index contributed by atoms with van der Waals surface area (Å²) in [5, 5.41) is 2.75. The predicted molar refractivity (Wildman–Crippen MR) is 126 cm³/mol. The summed E-state index contributed by atoms with van der Waals surface area (Å²) in [5.41, 5.74) is 0.257. The van der Waals surface area contributed by atoms with E-state index in [9.17, 15) is 22.8 Å². The van der Waals surface area contributed by atoms with E-state index in [1.54, 1.807) is 39.8 Å². The number of carbonyl (C=O) groups is 2. The Morgan fingerprint density at radius 3 is 2.31 bits per heavy atom. The van der Waals surface area contributed by atoms with Crippen LogP contribution in [0.25, 0.3) is 0 Å². The van der Waals surface area contributed by atoms with E-state index in [2.05, 4.69) is 20.3 Å². The number of alkyl halides is 3. The van der Waals surface area contributed by atoms with Crippen molar-refractivity contribution in [3.63, 3.8) is 0 Å². The van der Waals surface area contributed by atoms with Gasteiger partial charge in [-0.1, -0.05) is 0 Å². The fourth-order valence-corrected chi connectivity index (χ4v) is 3.87. The predicted octanol–water partition coefficient (Wildman–Crippen LogP) is 4.30. The second-order valence-electron chi connectivity index (χ2n) is 10.0. The van der Waals surface area contributed by atoms with Gasteiger partial charge in [0.1, 0.15) is 23.3 Å². The lowest BCUT2D eigenvalue weighted by Gasteiger charge is -2.42. The molecule has 2 aliphatic rings. The van der Waals surface area contributed by atoms with Crippen LogP contribution in [0.5, 0.6) is 0 Å². The number of pyridine rings is 1. The maximum absolute atomic E-state index is 13.8. The zero-order valence-corrected chi connectivity index (χ0v) is 20.6. The average molecular weight is 507 g/mol. The summed E-state index contributed by atoms with van der Waals surface area (Å²) in [5.74, 6) is 1.03. The van der Waals surface area contributed by atoms with E-state index in [0.29, 0.717) is 28.7 Å². The molecule has 0 spiro atoms. The van der Waals surface area contributed by atoms with Crippen LogP contribution in [-0.2, 0) is 4.74 Å². The second-order valence-corrected chi connectivity index (χ2v) is 10.0. The van der Waals surface area contributed by atoms with Crippen LogP contribution < -0.4 is 10.2 Å². The van der Waals surface area contributed by atoms with Gasteiger partial charge in [0.25, 0.3) is 5.91 Å². The molecule has 2 aromatic heterocycles. The molecular weight excluding hydrogens is 477 g/mol. The van der Waals surface area contributed by atoms with Crippen LogP contribution in [0, 0.1) is 6.92 Å². The number of ether oxygens (including phenoxy) is 1. The van der Waals surface area contributed by atoms with Crippen LogP contribution in [0.15, 0.2) is 24.5 Å². The van der Waals surface area contributed by atoms with Crippen molar-refractivity contribution in [1.82, 2.24) is 19.9 Å². The third kappa shape index (κ3) is 6.03. The topological polar surface area (TPSA) is 101 Å². The second kappa shape index (κ2) is 9.55. The lowest BCUT2D eigenvalue weighted by atomic mass is 10.1. The molecule has 1 N–H and O–H groups in total. The van der Waals surface area contributed by atoms with Crippen molar-refractivity contribution in [1.29, 1.82) is 0 Å². The fourth-order valence-electron chi connectivity index (χ4n) is 3.87. The molecule has 1 atom stereocenters. The molecule has 12 heteroatoms. The van der Waals surface area contributed by atoms with Gasteiger partial charge in [0, 0.05) is 37.9 Å². The molecule has 2 fully saturated rings. The number of carbonyl (C=O) groups excluding carboxylic acids is 2. The van der Waals surface area contributed by atoms with Crippen LogP contribution in [0.1, 0.15) is 61.4 Å². The van der Waals surface area contributed by atoms with Gasteiger partial charge in [-0.25, -0.2) is 19.7 Å². The SMILES string of the molecule is Cc1nc(N2CCN(C(=O)OC(C)(C)C)C(C(F)(F)F)C2)ccc1NC(=O)c1cnc(C2CC2)nc1. The van der Waals surface area contributed by atoms with Gasteiger partial charge in [-0.05, 0) is 52.7 Å². The molecule has 36 heavy (non-hydrogen) atoms. The molecule has 0 radical (unpaired) electrons. The van der Waals surface area contributed by atoms with Crippen molar-refractivity contribution in [2.45, 2.75) is 64.3 Å².